The summed E-state index contributed by atoms with van der Waals surface area (Å²) in [6, 6.07) is 8.78. The summed E-state index contributed by atoms with van der Waals surface area (Å²) in [5.74, 6) is 1.45. The van der Waals surface area contributed by atoms with Gasteiger partial charge in [-0.15, -0.1) is 5.10 Å². The van der Waals surface area contributed by atoms with Crippen molar-refractivity contribution in [2.45, 2.75) is 0 Å². The molecule has 0 aliphatic carbocycles. The maximum absolute atomic E-state index is 12.8. The Kier molecular flexibility index (Phi) is 5.78. The van der Waals surface area contributed by atoms with Crippen molar-refractivity contribution in [3.8, 4) is 28.6 Å². The zero-order valence-electron chi connectivity index (χ0n) is 15.7. The third-order valence-corrected chi connectivity index (χ3v) is 4.82. The fourth-order valence-electron chi connectivity index (χ4n) is 2.66. The summed E-state index contributed by atoms with van der Waals surface area (Å²) in [5.41, 5.74) is 1.79. The molecule has 0 atom stereocenters. The number of hydrogen-bond acceptors (Lipinski definition) is 7. The third-order valence-electron chi connectivity index (χ3n) is 4.04. The van der Waals surface area contributed by atoms with E-state index in [4.69, 9.17) is 14.2 Å². The molecule has 0 spiro atoms. The summed E-state index contributed by atoms with van der Waals surface area (Å²) in [4.78, 5) is 12.8. The number of methoxy groups -OCH3 is 3. The number of aryl methyl sites for hydroxylation is 1. The summed E-state index contributed by atoms with van der Waals surface area (Å²) in [6.45, 7) is 0. The quantitative estimate of drug-likeness (QED) is 0.619. The van der Waals surface area contributed by atoms with Gasteiger partial charge in [-0.05, 0) is 56.7 Å². The van der Waals surface area contributed by atoms with E-state index in [-0.39, 0.29) is 5.91 Å². The minimum Gasteiger partial charge on any atom is -0.493 e. The number of hydrogen-bond donors (Lipinski definition) is 1. The van der Waals surface area contributed by atoms with Crippen LogP contribution in [0.2, 0.25) is 0 Å². The van der Waals surface area contributed by atoms with Crippen LogP contribution in [-0.2, 0) is 7.05 Å². The van der Waals surface area contributed by atoms with Gasteiger partial charge in [-0.2, -0.15) is 0 Å². The number of nitrogens with one attached hydrogen (secondary N) is 1. The molecule has 0 saturated heterocycles. The predicted octanol–water partition coefficient (Wildman–Crippen LogP) is 2.92. The number of tetrazole rings is 1. The van der Waals surface area contributed by atoms with E-state index in [0.29, 0.717) is 38.8 Å². The molecule has 0 saturated carbocycles. The maximum atomic E-state index is 12.8. The van der Waals surface area contributed by atoms with Gasteiger partial charge in [-0.1, -0.05) is 0 Å². The Morgan fingerprint density at radius 2 is 1.75 bits per heavy atom. The number of rotatable bonds is 6. The summed E-state index contributed by atoms with van der Waals surface area (Å²) in [5, 5.41) is 14.2. The summed E-state index contributed by atoms with van der Waals surface area (Å²) in [6.07, 6.45) is 0. The molecule has 1 aromatic heterocycles. The van der Waals surface area contributed by atoms with Gasteiger partial charge in [-0.25, -0.2) is 4.68 Å². The molecule has 0 aliphatic rings. The second-order valence-corrected chi connectivity index (χ2v) is 6.46. The van der Waals surface area contributed by atoms with Crippen LogP contribution in [-0.4, -0.2) is 47.4 Å². The number of carbonyl (C=O) groups is 1. The number of benzene rings is 2. The molecular weight excluding hydrogens is 430 g/mol. The molecule has 0 radical (unpaired) electrons. The van der Waals surface area contributed by atoms with E-state index in [9.17, 15) is 4.79 Å². The van der Waals surface area contributed by atoms with Crippen LogP contribution in [0.3, 0.4) is 0 Å². The fourth-order valence-corrected chi connectivity index (χ4v) is 3.30. The summed E-state index contributed by atoms with van der Waals surface area (Å²) >= 11 is 3.41. The average molecular weight is 448 g/mol. The molecule has 1 N–H and O–H groups in total. The van der Waals surface area contributed by atoms with Gasteiger partial charge in [0.15, 0.2) is 17.3 Å². The largest absolute Gasteiger partial charge is 0.493 e. The van der Waals surface area contributed by atoms with Crippen LogP contribution < -0.4 is 19.5 Å². The number of aromatic nitrogens is 4. The van der Waals surface area contributed by atoms with Crippen molar-refractivity contribution in [1.82, 2.24) is 20.2 Å². The van der Waals surface area contributed by atoms with Gasteiger partial charge < -0.3 is 19.5 Å². The zero-order valence-corrected chi connectivity index (χ0v) is 17.3. The minimum absolute atomic E-state index is 0.334. The first kappa shape index (κ1) is 19.6. The van der Waals surface area contributed by atoms with Crippen LogP contribution in [0.15, 0.2) is 34.8 Å². The van der Waals surface area contributed by atoms with Crippen molar-refractivity contribution in [3.63, 3.8) is 0 Å². The number of amides is 1. The van der Waals surface area contributed by atoms with Crippen LogP contribution in [0.1, 0.15) is 10.4 Å². The highest BCUT2D eigenvalue weighted by Gasteiger charge is 2.23. The molecule has 0 unspecified atom stereocenters. The molecule has 28 heavy (non-hydrogen) atoms. The number of halogens is 1. The van der Waals surface area contributed by atoms with Gasteiger partial charge >= 0.3 is 0 Å². The number of carbonyl (C=O) groups excluding carboxylic acids is 1. The molecule has 2 aromatic carbocycles. The number of anilines is 1. The van der Waals surface area contributed by atoms with Gasteiger partial charge in [0, 0.05) is 18.3 Å². The van der Waals surface area contributed by atoms with E-state index < -0.39 is 0 Å². The molecule has 3 aromatic rings. The second-order valence-electron chi connectivity index (χ2n) is 5.66. The lowest BCUT2D eigenvalue weighted by Gasteiger charge is -2.16. The highest BCUT2D eigenvalue weighted by Crippen LogP contribution is 2.44. The molecule has 3 rings (SSSR count). The normalized spacial score (nSPS) is 10.5. The number of nitrogens with zero attached hydrogens (tertiary/aromatic N) is 4. The third kappa shape index (κ3) is 3.63. The van der Waals surface area contributed by atoms with Gasteiger partial charge in [-0.3, -0.25) is 4.79 Å². The lowest BCUT2D eigenvalue weighted by Crippen LogP contribution is -2.13. The summed E-state index contributed by atoms with van der Waals surface area (Å²) in [7, 11) is 6.24. The zero-order chi connectivity index (χ0) is 20.3. The first-order chi connectivity index (χ1) is 13.5. The van der Waals surface area contributed by atoms with E-state index in [1.165, 1.54) is 21.3 Å². The van der Waals surface area contributed by atoms with Crippen LogP contribution in [0.25, 0.3) is 11.4 Å². The monoisotopic (exact) mass is 447 g/mol. The molecule has 0 aliphatic heterocycles. The Bertz CT molecular complexity index is 1000. The van der Waals surface area contributed by atoms with E-state index >= 15 is 0 Å². The van der Waals surface area contributed by atoms with Crippen molar-refractivity contribution in [1.29, 1.82) is 0 Å². The van der Waals surface area contributed by atoms with E-state index in [0.717, 1.165) is 5.56 Å². The van der Waals surface area contributed by atoms with Gasteiger partial charge in [0.2, 0.25) is 5.75 Å². The van der Waals surface area contributed by atoms with Crippen LogP contribution in [0, 0.1) is 0 Å². The van der Waals surface area contributed by atoms with E-state index in [1.54, 1.807) is 29.9 Å². The SMILES string of the molecule is COc1cc(C(=O)Nc2ccc(-c3nnnn3C)cc2)c(Br)c(OC)c1OC. The lowest BCUT2D eigenvalue weighted by atomic mass is 10.1. The van der Waals surface area contributed by atoms with Gasteiger partial charge in [0.1, 0.15) is 0 Å². The molecule has 0 fully saturated rings. The molecular formula is C18H18BrN5O4. The Morgan fingerprint density at radius 1 is 1.07 bits per heavy atom. The first-order valence-electron chi connectivity index (χ1n) is 8.12. The fraction of sp³-hybridized carbons (Fsp3) is 0.222. The van der Waals surface area contributed by atoms with Crippen molar-refractivity contribution >= 4 is 27.5 Å². The van der Waals surface area contributed by atoms with Crippen molar-refractivity contribution in [3.05, 3.63) is 40.4 Å². The molecule has 146 valence electrons. The Hall–Kier alpha value is -3.14. The highest BCUT2D eigenvalue weighted by atomic mass is 79.9. The average Bonchev–Trinajstić information content (AvgIpc) is 3.13. The van der Waals surface area contributed by atoms with E-state index in [2.05, 4.69) is 36.8 Å². The Labute approximate surface area is 169 Å². The van der Waals surface area contributed by atoms with Crippen molar-refractivity contribution < 1.29 is 19.0 Å². The smallest absolute Gasteiger partial charge is 0.257 e. The first-order valence-corrected chi connectivity index (χ1v) is 8.92. The standard InChI is InChI=1S/C18H18BrN5O4/c1-24-17(21-22-23-24)10-5-7-11(8-6-10)20-18(25)12-9-13(26-2)15(27-3)16(28-4)14(12)19/h5-9H,1-4H3,(H,20,25). The Balaban J connectivity index is 1.88. The topological polar surface area (TPSA) is 100 Å². The van der Waals surface area contributed by atoms with Crippen LogP contribution >= 0.6 is 15.9 Å². The second kappa shape index (κ2) is 8.26. The highest BCUT2D eigenvalue weighted by molar-refractivity contribution is 9.10. The Morgan fingerprint density at radius 3 is 2.29 bits per heavy atom. The molecule has 1 heterocycles. The van der Waals surface area contributed by atoms with Gasteiger partial charge in [0.25, 0.3) is 5.91 Å². The maximum Gasteiger partial charge on any atom is 0.257 e. The van der Waals surface area contributed by atoms with Crippen molar-refractivity contribution in [2.24, 2.45) is 7.05 Å². The van der Waals surface area contributed by atoms with E-state index in [1.807, 2.05) is 12.1 Å². The van der Waals surface area contributed by atoms with Crippen LogP contribution in [0.4, 0.5) is 5.69 Å². The number of ether oxygens (including phenoxy) is 3. The lowest BCUT2D eigenvalue weighted by molar-refractivity contribution is 0.102. The molecule has 9 nitrogen and oxygen atoms in total. The molecule has 10 heteroatoms. The minimum atomic E-state index is -0.334. The molecule has 1 amide bonds. The van der Waals surface area contributed by atoms with Crippen LogP contribution in [0.5, 0.6) is 17.2 Å². The van der Waals surface area contributed by atoms with Crippen molar-refractivity contribution in [2.75, 3.05) is 26.6 Å². The predicted molar refractivity (Wildman–Crippen MR) is 106 cm³/mol. The van der Waals surface area contributed by atoms with Gasteiger partial charge in [0.05, 0.1) is 31.4 Å². The summed E-state index contributed by atoms with van der Waals surface area (Å²) < 4.78 is 18.0. The molecule has 0 bridgehead atoms.